The standard InChI is InChI=1S/C21H22N2O5/c1-11(23-20(27)28-21(2,3)4)22-14-9-10-15(24)17-16(14)18(25)12-7-5-6-8-13(12)19(17)26/h5-11,22,24H,1-4H3,(H,23,27). The van der Waals surface area contributed by atoms with Crippen molar-refractivity contribution < 1.29 is 24.2 Å². The summed E-state index contributed by atoms with van der Waals surface area (Å²) in [5.41, 5.74) is 0.269. The molecule has 0 heterocycles. The minimum absolute atomic E-state index is 0.0434. The van der Waals surface area contributed by atoms with Crippen LogP contribution in [0.2, 0.25) is 0 Å². The molecule has 2 aromatic rings. The smallest absolute Gasteiger partial charge is 0.409 e. The van der Waals surface area contributed by atoms with Gasteiger partial charge in [-0.05, 0) is 39.8 Å². The summed E-state index contributed by atoms with van der Waals surface area (Å²) in [5, 5.41) is 15.8. The van der Waals surface area contributed by atoms with E-state index in [1.165, 1.54) is 12.1 Å². The van der Waals surface area contributed by atoms with Gasteiger partial charge in [0.25, 0.3) is 0 Å². The molecule has 0 aliphatic heterocycles. The highest BCUT2D eigenvalue weighted by molar-refractivity contribution is 6.31. The fourth-order valence-corrected chi connectivity index (χ4v) is 3.08. The molecule has 1 amide bonds. The minimum Gasteiger partial charge on any atom is -0.507 e. The quantitative estimate of drug-likeness (QED) is 0.473. The number of hydrogen-bond donors (Lipinski definition) is 3. The number of alkyl carbamates (subject to hydrolysis) is 1. The molecule has 7 nitrogen and oxygen atoms in total. The van der Waals surface area contributed by atoms with Crippen molar-refractivity contribution in [1.82, 2.24) is 5.32 Å². The Morgan fingerprint density at radius 1 is 1.00 bits per heavy atom. The van der Waals surface area contributed by atoms with E-state index in [1.807, 2.05) is 0 Å². The molecule has 1 aliphatic carbocycles. The zero-order valence-electron chi connectivity index (χ0n) is 16.1. The molecule has 0 spiro atoms. The number of carbonyl (C=O) groups is 3. The van der Waals surface area contributed by atoms with E-state index in [-0.39, 0.29) is 33.8 Å². The molecule has 3 N–H and O–H groups in total. The highest BCUT2D eigenvalue weighted by Gasteiger charge is 2.34. The minimum atomic E-state index is -0.645. The number of carbonyl (C=O) groups excluding carboxylic acids is 3. The molecule has 146 valence electrons. The lowest BCUT2D eigenvalue weighted by Gasteiger charge is -2.25. The third-order valence-corrected chi connectivity index (χ3v) is 4.16. The van der Waals surface area contributed by atoms with Crippen LogP contribution in [0.4, 0.5) is 10.5 Å². The van der Waals surface area contributed by atoms with Crippen LogP contribution in [0.1, 0.15) is 59.5 Å². The second-order valence-corrected chi connectivity index (χ2v) is 7.60. The molecule has 0 bridgehead atoms. The summed E-state index contributed by atoms with van der Waals surface area (Å²) < 4.78 is 5.21. The average Bonchev–Trinajstić information content (AvgIpc) is 2.59. The van der Waals surface area contributed by atoms with Crippen LogP contribution >= 0.6 is 0 Å². The zero-order valence-corrected chi connectivity index (χ0v) is 16.1. The largest absolute Gasteiger partial charge is 0.507 e. The number of rotatable bonds is 3. The first-order valence-corrected chi connectivity index (χ1v) is 8.89. The van der Waals surface area contributed by atoms with Crippen molar-refractivity contribution in [2.24, 2.45) is 0 Å². The first-order valence-electron chi connectivity index (χ1n) is 8.89. The maximum absolute atomic E-state index is 13.0. The topological polar surface area (TPSA) is 105 Å². The first-order chi connectivity index (χ1) is 13.1. The van der Waals surface area contributed by atoms with E-state index in [2.05, 4.69) is 10.6 Å². The summed E-state index contributed by atoms with van der Waals surface area (Å²) >= 11 is 0. The number of ketones is 2. The Bertz CT molecular complexity index is 975. The van der Waals surface area contributed by atoms with E-state index >= 15 is 0 Å². The van der Waals surface area contributed by atoms with Crippen molar-refractivity contribution in [1.29, 1.82) is 0 Å². The van der Waals surface area contributed by atoms with Crippen molar-refractivity contribution >= 4 is 23.3 Å². The van der Waals surface area contributed by atoms with Crippen LogP contribution < -0.4 is 10.6 Å². The summed E-state index contributed by atoms with van der Waals surface area (Å²) in [6.45, 7) is 6.93. The van der Waals surface area contributed by atoms with Crippen LogP contribution in [0.3, 0.4) is 0 Å². The maximum Gasteiger partial charge on any atom is 0.409 e. The van der Waals surface area contributed by atoms with Crippen molar-refractivity contribution in [2.75, 3.05) is 5.32 Å². The fraction of sp³-hybridized carbons (Fsp3) is 0.286. The van der Waals surface area contributed by atoms with Crippen LogP contribution in [-0.2, 0) is 4.74 Å². The predicted octanol–water partition coefficient (Wildman–Crippen LogP) is 3.45. The second-order valence-electron chi connectivity index (χ2n) is 7.60. The Labute approximate surface area is 162 Å². The van der Waals surface area contributed by atoms with Crippen molar-refractivity contribution in [3.63, 3.8) is 0 Å². The second kappa shape index (κ2) is 6.99. The van der Waals surface area contributed by atoms with Crippen LogP contribution in [0.15, 0.2) is 36.4 Å². The van der Waals surface area contributed by atoms with E-state index in [0.29, 0.717) is 5.69 Å². The normalized spacial score (nSPS) is 14.0. The van der Waals surface area contributed by atoms with Crippen LogP contribution in [0, 0.1) is 0 Å². The molecule has 7 heteroatoms. The lowest BCUT2D eigenvalue weighted by atomic mass is 9.82. The van der Waals surface area contributed by atoms with Gasteiger partial charge in [-0.1, -0.05) is 24.3 Å². The summed E-state index contributed by atoms with van der Waals surface area (Å²) in [4.78, 5) is 37.8. The SMILES string of the molecule is CC(NC(=O)OC(C)(C)C)Nc1ccc(O)c2c1C(=O)c1ccccc1C2=O. The molecule has 3 rings (SSSR count). The van der Waals surface area contributed by atoms with Gasteiger partial charge in [-0.2, -0.15) is 0 Å². The zero-order chi connectivity index (χ0) is 20.6. The highest BCUT2D eigenvalue weighted by Crippen LogP contribution is 2.37. The number of aromatic hydroxyl groups is 1. The van der Waals surface area contributed by atoms with Crippen LogP contribution in [0.5, 0.6) is 5.75 Å². The number of fused-ring (bicyclic) bond motifs is 2. The molecule has 1 atom stereocenters. The molecule has 28 heavy (non-hydrogen) atoms. The third kappa shape index (κ3) is 3.69. The van der Waals surface area contributed by atoms with E-state index < -0.39 is 23.6 Å². The monoisotopic (exact) mass is 382 g/mol. The number of ether oxygens (including phenoxy) is 1. The van der Waals surface area contributed by atoms with Gasteiger partial charge in [0.05, 0.1) is 17.3 Å². The van der Waals surface area contributed by atoms with Crippen molar-refractivity contribution in [3.8, 4) is 5.75 Å². The van der Waals surface area contributed by atoms with Gasteiger partial charge >= 0.3 is 6.09 Å². The van der Waals surface area contributed by atoms with Gasteiger partial charge in [0.2, 0.25) is 0 Å². The van der Waals surface area contributed by atoms with Gasteiger partial charge in [-0.15, -0.1) is 0 Å². The van der Waals surface area contributed by atoms with Gasteiger partial charge in [0.1, 0.15) is 11.4 Å². The van der Waals surface area contributed by atoms with Gasteiger partial charge in [0, 0.05) is 16.8 Å². The van der Waals surface area contributed by atoms with Crippen LogP contribution in [-0.4, -0.2) is 34.5 Å². The number of amides is 1. The average molecular weight is 382 g/mol. The molecular weight excluding hydrogens is 360 g/mol. The Kier molecular flexibility index (Phi) is 4.85. The van der Waals surface area contributed by atoms with Gasteiger partial charge in [0.15, 0.2) is 11.6 Å². The molecular formula is C21H22N2O5. The number of phenols is 1. The summed E-state index contributed by atoms with van der Waals surface area (Å²) in [6.07, 6.45) is -1.21. The van der Waals surface area contributed by atoms with Crippen LogP contribution in [0.25, 0.3) is 0 Å². The highest BCUT2D eigenvalue weighted by atomic mass is 16.6. The summed E-state index contributed by atoms with van der Waals surface area (Å²) in [7, 11) is 0. The Morgan fingerprint density at radius 3 is 2.14 bits per heavy atom. The number of phenolic OH excluding ortho intramolecular Hbond substituents is 1. The number of benzene rings is 2. The molecule has 2 aromatic carbocycles. The third-order valence-electron chi connectivity index (χ3n) is 4.16. The maximum atomic E-state index is 13.0. The molecule has 0 saturated carbocycles. The summed E-state index contributed by atoms with van der Waals surface area (Å²) in [5.74, 6) is -1.05. The molecule has 1 aliphatic rings. The molecule has 0 aromatic heterocycles. The molecule has 0 fully saturated rings. The molecule has 0 saturated heterocycles. The van der Waals surface area contributed by atoms with Gasteiger partial charge < -0.3 is 20.5 Å². The number of hydrogen-bond acceptors (Lipinski definition) is 6. The molecule has 0 radical (unpaired) electrons. The first kappa shape index (κ1) is 19.4. The van der Waals surface area contributed by atoms with Gasteiger partial charge in [-0.3, -0.25) is 9.59 Å². The lowest BCUT2D eigenvalue weighted by molar-refractivity contribution is 0.0514. The lowest BCUT2D eigenvalue weighted by Crippen LogP contribution is -2.41. The van der Waals surface area contributed by atoms with E-state index in [0.717, 1.165) is 0 Å². The van der Waals surface area contributed by atoms with Crippen molar-refractivity contribution in [2.45, 2.75) is 39.5 Å². The number of nitrogens with one attached hydrogen (secondary N) is 2. The Balaban J connectivity index is 1.92. The van der Waals surface area contributed by atoms with E-state index in [9.17, 15) is 19.5 Å². The fourth-order valence-electron chi connectivity index (χ4n) is 3.08. The van der Waals surface area contributed by atoms with Gasteiger partial charge in [-0.25, -0.2) is 4.79 Å². The Morgan fingerprint density at radius 2 is 1.57 bits per heavy atom. The predicted molar refractivity (Wildman–Crippen MR) is 104 cm³/mol. The molecule has 1 unspecified atom stereocenters. The van der Waals surface area contributed by atoms with E-state index in [4.69, 9.17) is 4.74 Å². The van der Waals surface area contributed by atoms with Crippen molar-refractivity contribution in [3.05, 3.63) is 58.7 Å². The number of anilines is 1. The summed E-state index contributed by atoms with van der Waals surface area (Å²) in [6, 6.07) is 9.33. The Hall–Kier alpha value is -3.35. The van der Waals surface area contributed by atoms with E-state index in [1.54, 1.807) is 52.0 Å².